The number of nitrogens with one attached hydrogen (secondary N) is 1. The zero-order chi connectivity index (χ0) is 24.9. The SMILES string of the molecule is CCCC(=O)C(OC(=O)C1=C(C)NC(C)=C(C(=O)O)C1c1cccc(Cl)c1Cl)C(=O)CCC. The van der Waals surface area contributed by atoms with E-state index in [9.17, 15) is 24.3 Å². The number of carboxylic acid groups (broad SMARTS) is 1. The smallest absolute Gasteiger partial charge is 0.337 e. The summed E-state index contributed by atoms with van der Waals surface area (Å²) in [6.45, 7) is 6.71. The Labute approximate surface area is 202 Å². The number of benzene rings is 1. The maximum Gasteiger partial charge on any atom is 0.337 e. The van der Waals surface area contributed by atoms with E-state index in [0.717, 1.165) is 0 Å². The lowest BCUT2D eigenvalue weighted by Gasteiger charge is -2.31. The second-order valence-electron chi connectivity index (χ2n) is 7.80. The number of aliphatic carboxylic acids is 1. The van der Waals surface area contributed by atoms with Crippen LogP contribution in [0.4, 0.5) is 0 Å². The number of ether oxygens (including phenoxy) is 1. The van der Waals surface area contributed by atoms with Crippen molar-refractivity contribution in [1.29, 1.82) is 0 Å². The second-order valence-corrected chi connectivity index (χ2v) is 8.59. The van der Waals surface area contributed by atoms with E-state index in [1.807, 2.05) is 0 Å². The van der Waals surface area contributed by atoms with Gasteiger partial charge in [0.2, 0.25) is 6.10 Å². The summed E-state index contributed by atoms with van der Waals surface area (Å²) in [7, 11) is 0. The number of allylic oxidation sites excluding steroid dienone is 2. The maximum atomic E-state index is 13.4. The third-order valence-corrected chi connectivity index (χ3v) is 6.14. The number of Topliss-reactive ketones (excluding diaryl/α,β-unsaturated/α-hetero) is 2. The molecule has 0 saturated carbocycles. The molecule has 0 amide bonds. The number of halogens is 2. The van der Waals surface area contributed by atoms with Gasteiger partial charge in [-0.1, -0.05) is 49.2 Å². The minimum absolute atomic E-state index is 0.0548. The molecule has 1 aromatic rings. The van der Waals surface area contributed by atoms with Crippen LogP contribution in [0.25, 0.3) is 0 Å². The highest BCUT2D eigenvalue weighted by Gasteiger charge is 2.40. The van der Waals surface area contributed by atoms with E-state index in [0.29, 0.717) is 29.8 Å². The molecule has 2 N–H and O–H groups in total. The van der Waals surface area contributed by atoms with Crippen LogP contribution in [0.5, 0.6) is 0 Å². The Kier molecular flexibility index (Phi) is 9.25. The zero-order valence-corrected chi connectivity index (χ0v) is 20.5. The predicted octanol–water partition coefficient (Wildman–Crippen LogP) is 4.96. The molecule has 1 aromatic carbocycles. The molecule has 0 saturated heterocycles. The molecule has 9 heteroatoms. The molecule has 1 unspecified atom stereocenters. The van der Waals surface area contributed by atoms with Crippen molar-refractivity contribution in [3.8, 4) is 0 Å². The second kappa shape index (κ2) is 11.5. The van der Waals surface area contributed by atoms with Crippen LogP contribution in [0.1, 0.15) is 64.9 Å². The lowest BCUT2D eigenvalue weighted by Crippen LogP contribution is -2.38. The summed E-state index contributed by atoms with van der Waals surface area (Å²) in [5.74, 6) is -4.33. The largest absolute Gasteiger partial charge is 0.478 e. The number of ketones is 2. The number of rotatable bonds is 10. The molecule has 178 valence electrons. The molecule has 0 bridgehead atoms. The summed E-state index contributed by atoms with van der Waals surface area (Å²) in [6, 6.07) is 4.71. The highest BCUT2D eigenvalue weighted by atomic mass is 35.5. The molecule has 0 aromatic heterocycles. The van der Waals surface area contributed by atoms with E-state index < -0.39 is 35.5 Å². The lowest BCUT2D eigenvalue weighted by molar-refractivity contribution is -0.157. The Balaban J connectivity index is 2.60. The zero-order valence-electron chi connectivity index (χ0n) is 19.0. The minimum atomic E-state index is -1.55. The predicted molar refractivity (Wildman–Crippen MR) is 125 cm³/mol. The highest BCUT2D eigenvalue weighted by Crippen LogP contribution is 2.43. The fourth-order valence-electron chi connectivity index (χ4n) is 3.84. The Morgan fingerprint density at radius 2 is 1.55 bits per heavy atom. The van der Waals surface area contributed by atoms with Crippen LogP contribution in [0, 0.1) is 0 Å². The number of hydrogen-bond acceptors (Lipinski definition) is 6. The van der Waals surface area contributed by atoms with Crippen LogP contribution in [0.3, 0.4) is 0 Å². The van der Waals surface area contributed by atoms with Gasteiger partial charge in [-0.2, -0.15) is 0 Å². The summed E-state index contributed by atoms with van der Waals surface area (Å²) >= 11 is 12.6. The van der Waals surface area contributed by atoms with Crippen molar-refractivity contribution in [2.45, 2.75) is 65.4 Å². The normalized spacial score (nSPS) is 16.0. The van der Waals surface area contributed by atoms with Crippen LogP contribution < -0.4 is 5.32 Å². The van der Waals surface area contributed by atoms with Gasteiger partial charge >= 0.3 is 11.9 Å². The Bertz CT molecular complexity index is 1030. The summed E-state index contributed by atoms with van der Waals surface area (Å²) in [5, 5.41) is 13.1. The number of carboxylic acids is 1. The monoisotopic (exact) mass is 495 g/mol. The maximum absolute atomic E-state index is 13.4. The molecule has 2 rings (SSSR count). The summed E-state index contributed by atoms with van der Waals surface area (Å²) in [6.07, 6.45) is -0.421. The van der Waals surface area contributed by atoms with Crippen molar-refractivity contribution in [2.24, 2.45) is 0 Å². The topological polar surface area (TPSA) is 110 Å². The quantitative estimate of drug-likeness (QED) is 0.348. The number of dihydropyridines is 1. The molecule has 0 aliphatic carbocycles. The van der Waals surface area contributed by atoms with Gasteiger partial charge in [-0.25, -0.2) is 9.59 Å². The molecular formula is C24H27Cl2NO6. The number of carbonyl (C=O) groups excluding carboxylic acids is 3. The third-order valence-electron chi connectivity index (χ3n) is 5.31. The van der Waals surface area contributed by atoms with Gasteiger partial charge in [-0.3, -0.25) is 9.59 Å². The first-order valence-corrected chi connectivity index (χ1v) is 11.4. The van der Waals surface area contributed by atoms with Gasteiger partial charge in [-0.15, -0.1) is 0 Å². The third kappa shape index (κ3) is 5.84. The molecule has 0 radical (unpaired) electrons. The van der Waals surface area contributed by atoms with Crippen molar-refractivity contribution in [3.63, 3.8) is 0 Å². The Morgan fingerprint density at radius 3 is 2.06 bits per heavy atom. The van der Waals surface area contributed by atoms with Crippen LogP contribution in [-0.2, 0) is 23.9 Å². The van der Waals surface area contributed by atoms with E-state index in [1.165, 1.54) is 0 Å². The molecule has 1 atom stereocenters. The average Bonchev–Trinajstić information content (AvgIpc) is 2.73. The summed E-state index contributed by atoms with van der Waals surface area (Å²) in [4.78, 5) is 50.7. The fraction of sp³-hybridized carbons (Fsp3) is 0.417. The average molecular weight is 496 g/mol. The van der Waals surface area contributed by atoms with Crippen molar-refractivity contribution in [2.75, 3.05) is 0 Å². The van der Waals surface area contributed by atoms with Crippen molar-refractivity contribution in [3.05, 3.63) is 56.3 Å². The van der Waals surface area contributed by atoms with Crippen LogP contribution in [0.2, 0.25) is 10.0 Å². The molecule has 0 fully saturated rings. The van der Waals surface area contributed by atoms with E-state index in [1.54, 1.807) is 45.9 Å². The Morgan fingerprint density at radius 1 is 1.00 bits per heavy atom. The minimum Gasteiger partial charge on any atom is -0.478 e. The molecule has 1 heterocycles. The van der Waals surface area contributed by atoms with Gasteiger partial charge in [0.1, 0.15) is 0 Å². The van der Waals surface area contributed by atoms with Crippen LogP contribution in [-0.4, -0.2) is 34.7 Å². The number of hydrogen-bond donors (Lipinski definition) is 2. The van der Waals surface area contributed by atoms with E-state index in [4.69, 9.17) is 27.9 Å². The van der Waals surface area contributed by atoms with E-state index in [2.05, 4.69) is 5.32 Å². The first kappa shape index (κ1) is 26.6. The van der Waals surface area contributed by atoms with Gasteiger partial charge in [0.05, 0.1) is 27.1 Å². The molecule has 33 heavy (non-hydrogen) atoms. The van der Waals surface area contributed by atoms with Gasteiger partial charge in [0, 0.05) is 24.2 Å². The molecule has 7 nitrogen and oxygen atoms in total. The fourth-order valence-corrected chi connectivity index (χ4v) is 4.26. The molecule has 1 aliphatic heterocycles. The first-order valence-electron chi connectivity index (χ1n) is 10.7. The van der Waals surface area contributed by atoms with Crippen LogP contribution >= 0.6 is 23.2 Å². The lowest BCUT2D eigenvalue weighted by atomic mass is 9.80. The van der Waals surface area contributed by atoms with Crippen molar-refractivity contribution in [1.82, 2.24) is 5.32 Å². The van der Waals surface area contributed by atoms with Gasteiger partial charge in [0.25, 0.3) is 0 Å². The summed E-state index contributed by atoms with van der Waals surface area (Å²) in [5.41, 5.74) is 0.769. The molecule has 1 aliphatic rings. The number of carbonyl (C=O) groups is 4. The van der Waals surface area contributed by atoms with Crippen LogP contribution in [0.15, 0.2) is 40.7 Å². The standard InChI is InChI=1S/C24H27Cl2NO6/c1-5-8-16(28)22(17(29)9-6-2)33-24(32)19-13(4)27-12(3)18(23(30)31)20(19)14-10-7-11-15(25)21(14)26/h7,10-11,20,22,27H,5-6,8-9H2,1-4H3,(H,30,31). The summed E-state index contributed by atoms with van der Waals surface area (Å²) < 4.78 is 5.45. The number of esters is 1. The van der Waals surface area contributed by atoms with Crippen molar-refractivity contribution >= 4 is 46.7 Å². The van der Waals surface area contributed by atoms with Crippen molar-refractivity contribution < 1.29 is 29.0 Å². The van der Waals surface area contributed by atoms with E-state index in [-0.39, 0.29) is 34.0 Å². The highest BCUT2D eigenvalue weighted by molar-refractivity contribution is 6.42. The molecular weight excluding hydrogens is 469 g/mol. The van der Waals surface area contributed by atoms with E-state index >= 15 is 0 Å². The first-order chi connectivity index (χ1) is 15.5. The molecule has 0 spiro atoms. The van der Waals surface area contributed by atoms with Gasteiger partial charge < -0.3 is 15.2 Å². The van der Waals surface area contributed by atoms with Gasteiger partial charge in [0.15, 0.2) is 11.6 Å². The van der Waals surface area contributed by atoms with Gasteiger partial charge in [-0.05, 0) is 38.3 Å². The Hall–Kier alpha value is -2.64.